The van der Waals surface area contributed by atoms with Crippen molar-refractivity contribution in [2.24, 2.45) is 5.73 Å². The molecule has 10 nitrogen and oxygen atoms in total. The lowest BCUT2D eigenvalue weighted by Gasteiger charge is -2.12. The van der Waals surface area contributed by atoms with Crippen LogP contribution in [-0.4, -0.2) is 52.1 Å². The van der Waals surface area contributed by atoms with Crippen LogP contribution in [0.1, 0.15) is 6.42 Å². The molecule has 0 heterocycles. The number of hydrogen-bond donors (Lipinski definition) is 3. The summed E-state index contributed by atoms with van der Waals surface area (Å²) in [6.07, 6.45) is -0.323. The van der Waals surface area contributed by atoms with Crippen molar-refractivity contribution in [2.75, 3.05) is 26.7 Å². The summed E-state index contributed by atoms with van der Waals surface area (Å²) in [5.41, 5.74) is 5.08. The smallest absolute Gasteiger partial charge is 0.270 e. The van der Waals surface area contributed by atoms with Crippen molar-refractivity contribution in [3.05, 3.63) is 34.4 Å². The van der Waals surface area contributed by atoms with Gasteiger partial charge in [-0.05, 0) is 6.07 Å². The monoisotopic (exact) mass is 360 g/mol. The second-order valence-corrected chi connectivity index (χ2v) is 6.57. The molecular formula is C13H20N4O6S. The van der Waals surface area contributed by atoms with Crippen LogP contribution in [0.15, 0.2) is 29.2 Å². The van der Waals surface area contributed by atoms with Crippen LogP contribution in [-0.2, 0) is 19.6 Å². The highest BCUT2D eigenvalue weighted by atomic mass is 32.2. The molecule has 1 atom stereocenters. The Morgan fingerprint density at radius 2 is 2.12 bits per heavy atom. The molecule has 1 aromatic carbocycles. The maximum absolute atomic E-state index is 12.0. The minimum atomic E-state index is -3.90. The zero-order chi connectivity index (χ0) is 18.2. The van der Waals surface area contributed by atoms with Gasteiger partial charge in [-0.3, -0.25) is 14.9 Å². The first kappa shape index (κ1) is 20.0. The summed E-state index contributed by atoms with van der Waals surface area (Å²) < 4.78 is 31.3. The number of nitrogens with two attached hydrogens (primary N) is 1. The molecule has 0 bridgehead atoms. The van der Waals surface area contributed by atoms with E-state index in [9.17, 15) is 23.3 Å². The molecule has 134 valence electrons. The highest BCUT2D eigenvalue weighted by Gasteiger charge is 2.17. The predicted molar refractivity (Wildman–Crippen MR) is 85.8 cm³/mol. The van der Waals surface area contributed by atoms with Crippen molar-refractivity contribution >= 4 is 21.6 Å². The molecule has 0 saturated carbocycles. The lowest BCUT2D eigenvalue weighted by Crippen LogP contribution is -2.37. The van der Waals surface area contributed by atoms with Gasteiger partial charge in [0.25, 0.3) is 5.69 Å². The summed E-state index contributed by atoms with van der Waals surface area (Å²) in [6, 6.07) is 4.69. The Balaban J connectivity index is 2.50. The van der Waals surface area contributed by atoms with E-state index in [1.54, 1.807) is 0 Å². The average molecular weight is 360 g/mol. The summed E-state index contributed by atoms with van der Waals surface area (Å²) in [5, 5.41) is 13.2. The number of nitro groups is 1. The third kappa shape index (κ3) is 6.20. The van der Waals surface area contributed by atoms with Crippen molar-refractivity contribution in [1.82, 2.24) is 10.0 Å². The highest BCUT2D eigenvalue weighted by Crippen LogP contribution is 2.16. The number of nitro benzene ring substituents is 1. The van der Waals surface area contributed by atoms with Crippen molar-refractivity contribution < 1.29 is 22.9 Å². The first-order valence-electron chi connectivity index (χ1n) is 7.04. The first-order valence-corrected chi connectivity index (χ1v) is 8.52. The second kappa shape index (κ2) is 9.27. The number of benzene rings is 1. The number of amides is 1. The molecule has 4 N–H and O–H groups in total. The number of ether oxygens (including phenoxy) is 1. The van der Waals surface area contributed by atoms with E-state index in [1.165, 1.54) is 25.3 Å². The van der Waals surface area contributed by atoms with E-state index in [1.807, 2.05) is 0 Å². The minimum absolute atomic E-state index is 0.0585. The molecule has 0 aliphatic heterocycles. The van der Waals surface area contributed by atoms with Gasteiger partial charge in [0.1, 0.15) is 0 Å². The minimum Gasteiger partial charge on any atom is -0.380 e. The molecular weight excluding hydrogens is 340 g/mol. The quantitative estimate of drug-likeness (QED) is 0.285. The van der Waals surface area contributed by atoms with Gasteiger partial charge in [-0.15, -0.1) is 0 Å². The molecule has 1 amide bonds. The normalized spacial score (nSPS) is 12.6. The zero-order valence-electron chi connectivity index (χ0n) is 13.1. The summed E-state index contributed by atoms with van der Waals surface area (Å²) >= 11 is 0. The molecule has 1 aromatic rings. The molecule has 0 aliphatic rings. The van der Waals surface area contributed by atoms with E-state index >= 15 is 0 Å². The lowest BCUT2D eigenvalue weighted by atomic mass is 10.2. The predicted octanol–water partition coefficient (Wildman–Crippen LogP) is -0.647. The summed E-state index contributed by atoms with van der Waals surface area (Å²) in [5.74, 6) is -0.318. The molecule has 0 aromatic heterocycles. The Hall–Kier alpha value is -2.08. The molecule has 0 spiro atoms. The Kier molecular flexibility index (Phi) is 7.71. The molecule has 0 aliphatic carbocycles. The van der Waals surface area contributed by atoms with Gasteiger partial charge in [-0.1, -0.05) is 6.07 Å². The average Bonchev–Trinajstić information content (AvgIpc) is 2.56. The van der Waals surface area contributed by atoms with E-state index in [4.69, 9.17) is 10.5 Å². The van der Waals surface area contributed by atoms with Crippen LogP contribution in [0.5, 0.6) is 0 Å². The third-order valence-electron chi connectivity index (χ3n) is 3.09. The summed E-state index contributed by atoms with van der Waals surface area (Å²) in [4.78, 5) is 21.4. The SMILES string of the molecule is COC(CN)CC(=O)NCCNS(=O)(=O)c1cccc([N+](=O)[O-])c1. The fourth-order valence-electron chi connectivity index (χ4n) is 1.78. The van der Waals surface area contributed by atoms with Gasteiger partial charge in [0.05, 0.1) is 22.3 Å². The Morgan fingerprint density at radius 1 is 1.42 bits per heavy atom. The van der Waals surface area contributed by atoms with Crippen LogP contribution in [0.3, 0.4) is 0 Å². The fourth-order valence-corrected chi connectivity index (χ4v) is 2.85. The molecule has 1 unspecified atom stereocenters. The number of sulfonamides is 1. The zero-order valence-corrected chi connectivity index (χ0v) is 13.9. The van der Waals surface area contributed by atoms with E-state index in [-0.39, 0.29) is 42.5 Å². The van der Waals surface area contributed by atoms with Crippen LogP contribution >= 0.6 is 0 Å². The van der Waals surface area contributed by atoms with Crippen LogP contribution in [0.2, 0.25) is 0 Å². The third-order valence-corrected chi connectivity index (χ3v) is 4.55. The number of carbonyl (C=O) groups is 1. The van der Waals surface area contributed by atoms with Gasteiger partial charge < -0.3 is 15.8 Å². The Bertz CT molecular complexity index is 675. The van der Waals surface area contributed by atoms with Gasteiger partial charge in [-0.2, -0.15) is 0 Å². The largest absolute Gasteiger partial charge is 0.380 e. The molecule has 0 saturated heterocycles. The fraction of sp³-hybridized carbons (Fsp3) is 0.462. The molecule has 0 radical (unpaired) electrons. The van der Waals surface area contributed by atoms with Gasteiger partial charge in [-0.25, -0.2) is 13.1 Å². The van der Waals surface area contributed by atoms with Gasteiger partial charge in [0, 0.05) is 38.9 Å². The van der Waals surface area contributed by atoms with Gasteiger partial charge in [0.15, 0.2) is 0 Å². The van der Waals surface area contributed by atoms with Crippen molar-refractivity contribution in [2.45, 2.75) is 17.4 Å². The summed E-state index contributed by atoms with van der Waals surface area (Å²) in [6.45, 7) is 0.203. The van der Waals surface area contributed by atoms with E-state index in [0.29, 0.717) is 0 Å². The van der Waals surface area contributed by atoms with Crippen molar-refractivity contribution in [1.29, 1.82) is 0 Å². The van der Waals surface area contributed by atoms with E-state index in [0.717, 1.165) is 6.07 Å². The number of nitrogens with one attached hydrogen (secondary N) is 2. The van der Waals surface area contributed by atoms with Gasteiger partial charge >= 0.3 is 0 Å². The first-order chi connectivity index (χ1) is 11.3. The maximum Gasteiger partial charge on any atom is 0.270 e. The topological polar surface area (TPSA) is 154 Å². The molecule has 11 heteroatoms. The lowest BCUT2D eigenvalue weighted by molar-refractivity contribution is -0.385. The number of hydrogen-bond acceptors (Lipinski definition) is 7. The molecule has 0 fully saturated rings. The number of nitrogens with zero attached hydrogens (tertiary/aromatic N) is 1. The van der Waals surface area contributed by atoms with Crippen molar-refractivity contribution in [3.63, 3.8) is 0 Å². The number of non-ortho nitro benzene ring substituents is 1. The van der Waals surface area contributed by atoms with Crippen LogP contribution in [0.25, 0.3) is 0 Å². The van der Waals surface area contributed by atoms with Crippen LogP contribution in [0, 0.1) is 10.1 Å². The van der Waals surface area contributed by atoms with Crippen LogP contribution in [0.4, 0.5) is 5.69 Å². The number of rotatable bonds is 10. The second-order valence-electron chi connectivity index (χ2n) is 4.80. The maximum atomic E-state index is 12.0. The summed E-state index contributed by atoms with van der Waals surface area (Å²) in [7, 11) is -2.45. The highest BCUT2D eigenvalue weighted by molar-refractivity contribution is 7.89. The van der Waals surface area contributed by atoms with E-state index < -0.39 is 21.1 Å². The Labute approximate surface area is 139 Å². The van der Waals surface area contributed by atoms with Gasteiger partial charge in [0.2, 0.25) is 15.9 Å². The number of carbonyl (C=O) groups excluding carboxylic acids is 1. The number of methoxy groups -OCH3 is 1. The molecule has 1 rings (SSSR count). The van der Waals surface area contributed by atoms with Crippen LogP contribution < -0.4 is 15.8 Å². The van der Waals surface area contributed by atoms with E-state index in [2.05, 4.69) is 10.0 Å². The van der Waals surface area contributed by atoms with Crippen molar-refractivity contribution in [3.8, 4) is 0 Å². The standard InChI is InChI=1S/C13H20N4O6S/c1-23-11(9-14)8-13(18)15-5-6-16-24(21,22)12-4-2-3-10(7-12)17(19)20/h2-4,7,11,16H,5-6,8-9,14H2,1H3,(H,15,18). The Morgan fingerprint density at radius 3 is 2.71 bits per heavy atom. The molecule has 24 heavy (non-hydrogen) atoms.